The van der Waals surface area contributed by atoms with Crippen molar-refractivity contribution in [2.75, 3.05) is 44.3 Å². The predicted molar refractivity (Wildman–Crippen MR) is 136 cm³/mol. The molecule has 2 heterocycles. The smallest absolute Gasteiger partial charge is 0.321 e. The number of urea groups is 1. The number of carbonyl (C=O) groups is 1. The SMILES string of the molecule is CN(CC1CN(C(=O)Nc2cc(-c3cccs3)ccc2N)C1)CC12CC3CC(CC(C3)C1)C2. The number of carbonyl (C=O) groups excluding carboxylic acids is 1. The molecule has 2 aromatic rings. The molecule has 5 nitrogen and oxygen atoms in total. The summed E-state index contributed by atoms with van der Waals surface area (Å²) in [6, 6.07) is 9.95. The van der Waals surface area contributed by atoms with Crippen molar-refractivity contribution >= 4 is 28.7 Å². The molecule has 1 aliphatic heterocycles. The molecule has 4 bridgehead atoms. The maximum atomic E-state index is 12.8. The molecule has 33 heavy (non-hydrogen) atoms. The molecule has 5 fully saturated rings. The van der Waals surface area contributed by atoms with E-state index in [2.05, 4.69) is 28.7 Å². The zero-order valence-electron chi connectivity index (χ0n) is 19.6. The average molecular weight is 465 g/mol. The Kier molecular flexibility index (Phi) is 5.41. The minimum atomic E-state index is -0.0370. The largest absolute Gasteiger partial charge is 0.397 e. The van der Waals surface area contributed by atoms with E-state index in [0.717, 1.165) is 43.0 Å². The Morgan fingerprint density at radius 1 is 1.15 bits per heavy atom. The Morgan fingerprint density at radius 3 is 2.48 bits per heavy atom. The number of anilines is 2. The summed E-state index contributed by atoms with van der Waals surface area (Å²) in [6.07, 6.45) is 8.93. The molecular weight excluding hydrogens is 428 g/mol. The standard InChI is InChI=1S/C27H36N4OS/c1-30(17-27-11-18-7-19(12-27)9-20(8-18)13-27)14-21-15-31(16-21)26(32)29-24-10-22(4-5-23(24)28)25-3-2-6-33-25/h2-6,10,18-21H,7-9,11-17,28H2,1H3,(H,29,32). The molecule has 1 aromatic carbocycles. The highest BCUT2D eigenvalue weighted by Gasteiger charge is 2.51. The molecule has 0 spiro atoms. The Bertz CT molecular complexity index is 978. The number of rotatable bonds is 6. The van der Waals surface area contributed by atoms with Crippen LogP contribution in [-0.4, -0.2) is 49.1 Å². The number of amides is 2. The van der Waals surface area contributed by atoms with Crippen LogP contribution < -0.4 is 11.1 Å². The van der Waals surface area contributed by atoms with Gasteiger partial charge in [0.15, 0.2) is 0 Å². The third-order valence-corrected chi connectivity index (χ3v) is 9.60. The molecule has 3 N–H and O–H groups in total. The summed E-state index contributed by atoms with van der Waals surface area (Å²) in [6.45, 7) is 4.02. The summed E-state index contributed by atoms with van der Waals surface area (Å²) in [5.74, 6) is 3.61. The van der Waals surface area contributed by atoms with Crippen LogP contribution in [0.1, 0.15) is 38.5 Å². The first-order valence-corrected chi connectivity index (χ1v) is 13.5. The van der Waals surface area contributed by atoms with Crippen LogP contribution in [0, 0.1) is 29.1 Å². The van der Waals surface area contributed by atoms with E-state index >= 15 is 0 Å². The maximum Gasteiger partial charge on any atom is 0.321 e. The molecule has 6 heteroatoms. The van der Waals surface area contributed by atoms with Gasteiger partial charge < -0.3 is 20.9 Å². The molecule has 5 aliphatic rings. The van der Waals surface area contributed by atoms with Crippen molar-refractivity contribution in [2.24, 2.45) is 29.1 Å². The molecule has 4 aliphatic carbocycles. The van der Waals surface area contributed by atoms with Gasteiger partial charge in [0.25, 0.3) is 0 Å². The summed E-state index contributed by atoms with van der Waals surface area (Å²) in [5, 5.41) is 5.10. The predicted octanol–water partition coefficient (Wildman–Crippen LogP) is 5.61. The number of nitrogen functional groups attached to an aromatic ring is 1. The Labute approximate surface area is 201 Å². The third kappa shape index (κ3) is 4.28. The van der Waals surface area contributed by atoms with Crippen LogP contribution in [0.25, 0.3) is 10.4 Å². The van der Waals surface area contributed by atoms with E-state index < -0.39 is 0 Å². The zero-order chi connectivity index (χ0) is 22.6. The van der Waals surface area contributed by atoms with Crippen LogP contribution in [0.4, 0.5) is 16.2 Å². The van der Waals surface area contributed by atoms with E-state index in [0.29, 0.717) is 22.7 Å². The van der Waals surface area contributed by atoms with Crippen molar-refractivity contribution in [1.82, 2.24) is 9.80 Å². The van der Waals surface area contributed by atoms with Crippen molar-refractivity contribution in [3.63, 3.8) is 0 Å². The van der Waals surface area contributed by atoms with Gasteiger partial charge in [-0.1, -0.05) is 12.1 Å². The number of thiophene rings is 1. The molecule has 1 saturated heterocycles. The number of nitrogens with two attached hydrogens (primary N) is 1. The van der Waals surface area contributed by atoms with Crippen molar-refractivity contribution < 1.29 is 4.79 Å². The quantitative estimate of drug-likeness (QED) is 0.546. The molecule has 7 rings (SSSR count). The molecule has 176 valence electrons. The lowest BCUT2D eigenvalue weighted by atomic mass is 9.49. The van der Waals surface area contributed by atoms with Crippen LogP contribution in [0.15, 0.2) is 35.7 Å². The number of hydrogen-bond acceptors (Lipinski definition) is 4. The van der Waals surface area contributed by atoms with E-state index in [9.17, 15) is 4.79 Å². The fourth-order valence-corrected chi connectivity index (χ4v) is 8.59. The van der Waals surface area contributed by atoms with Gasteiger partial charge in [0.05, 0.1) is 11.4 Å². The van der Waals surface area contributed by atoms with Crippen molar-refractivity contribution in [2.45, 2.75) is 38.5 Å². The van der Waals surface area contributed by atoms with Crippen molar-refractivity contribution in [3.8, 4) is 10.4 Å². The normalized spacial score (nSPS) is 30.6. The maximum absolute atomic E-state index is 12.8. The van der Waals surface area contributed by atoms with Gasteiger partial charge in [0.1, 0.15) is 0 Å². The van der Waals surface area contributed by atoms with Gasteiger partial charge in [0.2, 0.25) is 0 Å². The van der Waals surface area contributed by atoms with Gasteiger partial charge in [-0.05, 0) is 97.9 Å². The van der Waals surface area contributed by atoms with E-state index in [-0.39, 0.29) is 6.03 Å². The molecular formula is C27H36N4OS. The lowest BCUT2D eigenvalue weighted by Crippen LogP contribution is -2.56. The lowest BCUT2D eigenvalue weighted by molar-refractivity contribution is -0.0692. The third-order valence-electron chi connectivity index (χ3n) is 8.69. The van der Waals surface area contributed by atoms with Gasteiger partial charge in [-0.2, -0.15) is 0 Å². The first-order chi connectivity index (χ1) is 15.9. The number of hydrogen-bond donors (Lipinski definition) is 2. The molecule has 4 saturated carbocycles. The number of nitrogens with zero attached hydrogens (tertiary/aromatic N) is 2. The number of nitrogens with one attached hydrogen (secondary N) is 1. The van der Waals surface area contributed by atoms with Crippen LogP contribution in [0.2, 0.25) is 0 Å². The monoisotopic (exact) mass is 464 g/mol. The Morgan fingerprint density at radius 2 is 1.85 bits per heavy atom. The van der Waals surface area contributed by atoms with Crippen LogP contribution in [0.3, 0.4) is 0 Å². The summed E-state index contributed by atoms with van der Waals surface area (Å²) >= 11 is 1.69. The van der Waals surface area contributed by atoms with Crippen LogP contribution in [0.5, 0.6) is 0 Å². The van der Waals surface area contributed by atoms with Gasteiger partial charge in [-0.3, -0.25) is 0 Å². The second kappa shape index (κ2) is 8.31. The lowest BCUT2D eigenvalue weighted by Gasteiger charge is -2.58. The first-order valence-electron chi connectivity index (χ1n) is 12.6. The zero-order valence-corrected chi connectivity index (χ0v) is 20.4. The Balaban J connectivity index is 1.00. The van der Waals surface area contributed by atoms with E-state index in [1.807, 2.05) is 29.2 Å². The second-order valence-electron chi connectivity index (χ2n) is 11.6. The molecule has 0 radical (unpaired) electrons. The minimum Gasteiger partial charge on any atom is -0.397 e. The molecule has 0 atom stereocenters. The summed E-state index contributed by atoms with van der Waals surface area (Å²) in [5.41, 5.74) is 9.14. The highest BCUT2D eigenvalue weighted by molar-refractivity contribution is 7.13. The number of benzene rings is 1. The summed E-state index contributed by atoms with van der Waals surface area (Å²) < 4.78 is 0. The van der Waals surface area contributed by atoms with E-state index in [4.69, 9.17) is 5.73 Å². The van der Waals surface area contributed by atoms with Crippen LogP contribution in [-0.2, 0) is 0 Å². The Hall–Kier alpha value is -2.05. The van der Waals surface area contributed by atoms with Crippen molar-refractivity contribution in [3.05, 3.63) is 35.7 Å². The number of likely N-dealkylation sites (tertiary alicyclic amines) is 1. The van der Waals surface area contributed by atoms with Gasteiger partial charge in [-0.25, -0.2) is 4.79 Å². The summed E-state index contributed by atoms with van der Waals surface area (Å²) in [7, 11) is 2.30. The van der Waals surface area contributed by atoms with Crippen LogP contribution >= 0.6 is 11.3 Å². The first kappa shape index (κ1) is 21.5. The van der Waals surface area contributed by atoms with E-state index in [1.165, 1.54) is 49.9 Å². The summed E-state index contributed by atoms with van der Waals surface area (Å²) in [4.78, 5) is 18.5. The van der Waals surface area contributed by atoms with Gasteiger partial charge in [-0.15, -0.1) is 11.3 Å². The highest BCUT2D eigenvalue weighted by atomic mass is 32.1. The van der Waals surface area contributed by atoms with Gasteiger partial charge >= 0.3 is 6.03 Å². The second-order valence-corrected chi connectivity index (χ2v) is 12.5. The molecule has 1 aromatic heterocycles. The minimum absolute atomic E-state index is 0.0370. The molecule has 2 amide bonds. The molecule has 0 unspecified atom stereocenters. The highest BCUT2D eigenvalue weighted by Crippen LogP contribution is 2.60. The fraction of sp³-hybridized carbons (Fsp3) is 0.593. The van der Waals surface area contributed by atoms with Gasteiger partial charge in [0, 0.05) is 37.0 Å². The fourth-order valence-electron chi connectivity index (χ4n) is 7.87. The average Bonchev–Trinajstić information content (AvgIpc) is 3.25. The van der Waals surface area contributed by atoms with E-state index in [1.54, 1.807) is 11.3 Å². The topological polar surface area (TPSA) is 61.6 Å². The van der Waals surface area contributed by atoms with Crippen molar-refractivity contribution in [1.29, 1.82) is 0 Å².